The first-order valence-corrected chi connectivity index (χ1v) is 10.8. The second-order valence-corrected chi connectivity index (χ2v) is 8.58. The van der Waals surface area contributed by atoms with Crippen molar-refractivity contribution in [2.75, 3.05) is 41.7 Å². The molecule has 174 valence electrons. The van der Waals surface area contributed by atoms with E-state index in [2.05, 4.69) is 15.0 Å². The van der Waals surface area contributed by atoms with Gasteiger partial charge in [-0.15, -0.1) is 0 Å². The van der Waals surface area contributed by atoms with Crippen LogP contribution in [0.15, 0.2) is 12.3 Å². The summed E-state index contributed by atoms with van der Waals surface area (Å²) >= 11 is 0. The summed E-state index contributed by atoms with van der Waals surface area (Å²) in [7, 11) is 0. The van der Waals surface area contributed by atoms with Gasteiger partial charge in [-0.2, -0.15) is 15.0 Å². The molecular weight excluding hydrogens is 420 g/mol. The molecule has 0 aromatic carbocycles. The molecule has 4 atom stereocenters. The van der Waals surface area contributed by atoms with Crippen molar-refractivity contribution in [2.24, 2.45) is 0 Å². The first kappa shape index (κ1) is 22.5. The molecule has 9 nitrogen and oxygen atoms in total. The lowest BCUT2D eigenvalue weighted by Crippen LogP contribution is -2.48. The maximum absolute atomic E-state index is 13.8. The van der Waals surface area contributed by atoms with Crippen molar-refractivity contribution in [1.82, 2.24) is 19.9 Å². The van der Waals surface area contributed by atoms with Crippen molar-refractivity contribution < 1.29 is 18.3 Å². The van der Waals surface area contributed by atoms with Gasteiger partial charge in [-0.05, 0) is 33.8 Å². The van der Waals surface area contributed by atoms with Gasteiger partial charge in [-0.1, -0.05) is 0 Å². The third-order valence-corrected chi connectivity index (χ3v) is 5.45. The van der Waals surface area contributed by atoms with Gasteiger partial charge in [0.1, 0.15) is 5.82 Å². The summed E-state index contributed by atoms with van der Waals surface area (Å²) in [6.07, 6.45) is -1.50. The average molecular weight is 450 g/mol. The Morgan fingerprint density at radius 3 is 1.78 bits per heavy atom. The van der Waals surface area contributed by atoms with E-state index in [0.29, 0.717) is 38.1 Å². The Kier molecular flexibility index (Phi) is 6.38. The van der Waals surface area contributed by atoms with Crippen molar-refractivity contribution in [3.8, 4) is 11.4 Å². The Balaban J connectivity index is 1.81. The van der Waals surface area contributed by atoms with Crippen LogP contribution >= 0.6 is 0 Å². The highest BCUT2D eigenvalue weighted by molar-refractivity contribution is 5.64. The van der Waals surface area contributed by atoms with Gasteiger partial charge in [-0.25, -0.2) is 13.8 Å². The number of nitrogens with two attached hydrogens (primary N) is 1. The normalized spacial score (nSPS) is 26.6. The van der Waals surface area contributed by atoms with Gasteiger partial charge in [0.05, 0.1) is 24.4 Å². The molecule has 2 aromatic rings. The molecule has 2 aromatic heterocycles. The number of rotatable bonds is 4. The fourth-order valence-electron chi connectivity index (χ4n) is 4.29. The molecule has 0 spiro atoms. The number of nitrogens with zero attached hydrogens (tertiary/aromatic N) is 6. The molecule has 2 saturated heterocycles. The third kappa shape index (κ3) is 4.88. The molecule has 2 N–H and O–H groups in total. The summed E-state index contributed by atoms with van der Waals surface area (Å²) in [6.45, 7) is 10.3. The second kappa shape index (κ2) is 9.07. The summed E-state index contributed by atoms with van der Waals surface area (Å²) in [6, 6.07) is 1.17. The molecule has 0 amide bonds. The maximum atomic E-state index is 13.8. The molecule has 2 aliphatic heterocycles. The summed E-state index contributed by atoms with van der Waals surface area (Å²) in [5, 5.41) is 0. The smallest absolute Gasteiger partial charge is 0.264 e. The highest BCUT2D eigenvalue weighted by Gasteiger charge is 2.29. The minimum absolute atomic E-state index is 0.0133. The van der Waals surface area contributed by atoms with Crippen molar-refractivity contribution >= 4 is 17.7 Å². The van der Waals surface area contributed by atoms with Crippen LogP contribution in [-0.4, -0.2) is 70.5 Å². The van der Waals surface area contributed by atoms with E-state index in [1.165, 1.54) is 12.3 Å². The van der Waals surface area contributed by atoms with Gasteiger partial charge in [0.2, 0.25) is 11.9 Å². The van der Waals surface area contributed by atoms with Gasteiger partial charge >= 0.3 is 0 Å². The number of alkyl halides is 2. The zero-order valence-corrected chi connectivity index (χ0v) is 18.7. The molecule has 11 heteroatoms. The Bertz CT molecular complexity index is 899. The van der Waals surface area contributed by atoms with E-state index in [0.717, 1.165) is 0 Å². The maximum Gasteiger partial charge on any atom is 0.264 e. The van der Waals surface area contributed by atoms with Crippen LogP contribution < -0.4 is 15.5 Å². The minimum Gasteiger partial charge on any atom is -0.384 e. The molecule has 4 rings (SSSR count). The number of hydrogen-bond acceptors (Lipinski definition) is 9. The number of morpholine rings is 2. The van der Waals surface area contributed by atoms with E-state index in [1.807, 2.05) is 37.5 Å². The van der Waals surface area contributed by atoms with E-state index in [1.54, 1.807) is 0 Å². The van der Waals surface area contributed by atoms with E-state index >= 15 is 0 Å². The SMILES string of the molecule is CC1CN(c2nc(-c3cnc(N)cc3C(F)F)nc(N3CC(C)OC(C)C3)n2)CC(C)O1. The third-order valence-electron chi connectivity index (χ3n) is 5.45. The van der Waals surface area contributed by atoms with Crippen LogP contribution in [0.2, 0.25) is 0 Å². The van der Waals surface area contributed by atoms with Crippen molar-refractivity contribution in [1.29, 1.82) is 0 Å². The standard InChI is InChI=1S/C21H29F2N7O2/c1-11-7-29(8-12(2)31-11)20-26-19(16-6-25-17(24)5-15(16)18(22)23)27-21(28-20)30-9-13(3)32-14(4)10-30/h5-6,11-14,18H,7-10H2,1-4H3,(H2,24,25). The van der Waals surface area contributed by atoms with Crippen LogP contribution in [0, 0.1) is 0 Å². The molecule has 2 aliphatic rings. The zero-order valence-electron chi connectivity index (χ0n) is 18.7. The summed E-state index contributed by atoms with van der Waals surface area (Å²) < 4.78 is 39.3. The number of anilines is 3. The molecule has 0 aliphatic carbocycles. The van der Waals surface area contributed by atoms with E-state index in [9.17, 15) is 8.78 Å². The monoisotopic (exact) mass is 449 g/mol. The van der Waals surface area contributed by atoms with Crippen LogP contribution in [0.5, 0.6) is 0 Å². The van der Waals surface area contributed by atoms with E-state index in [-0.39, 0.29) is 47.2 Å². The van der Waals surface area contributed by atoms with E-state index in [4.69, 9.17) is 20.2 Å². The summed E-state index contributed by atoms with van der Waals surface area (Å²) in [4.78, 5) is 21.9. The topological polar surface area (TPSA) is 103 Å². The van der Waals surface area contributed by atoms with Gasteiger partial charge in [0.15, 0.2) is 5.82 Å². The molecule has 0 bridgehead atoms. The van der Waals surface area contributed by atoms with Crippen molar-refractivity contribution in [3.63, 3.8) is 0 Å². The Morgan fingerprint density at radius 2 is 1.34 bits per heavy atom. The number of halogens is 2. The fraction of sp³-hybridized carbons (Fsp3) is 0.619. The van der Waals surface area contributed by atoms with Crippen LogP contribution in [0.4, 0.5) is 26.5 Å². The van der Waals surface area contributed by atoms with Gasteiger partial charge in [0, 0.05) is 43.5 Å². The second-order valence-electron chi connectivity index (χ2n) is 8.58. The number of aromatic nitrogens is 4. The summed E-state index contributed by atoms with van der Waals surface area (Å²) in [5.41, 5.74) is 5.54. The molecule has 0 radical (unpaired) electrons. The van der Waals surface area contributed by atoms with Crippen molar-refractivity contribution in [3.05, 3.63) is 17.8 Å². The van der Waals surface area contributed by atoms with Crippen molar-refractivity contribution in [2.45, 2.75) is 58.5 Å². The Hall–Kier alpha value is -2.66. The molecule has 2 fully saturated rings. The number of pyridine rings is 1. The first-order chi connectivity index (χ1) is 15.2. The lowest BCUT2D eigenvalue weighted by molar-refractivity contribution is -0.00617. The molecule has 4 heterocycles. The average Bonchev–Trinajstić information content (AvgIpc) is 2.72. The van der Waals surface area contributed by atoms with Gasteiger partial charge in [-0.3, -0.25) is 0 Å². The molecular formula is C21H29F2N7O2. The summed E-state index contributed by atoms with van der Waals surface area (Å²) in [5.74, 6) is 1.02. The Morgan fingerprint density at radius 1 is 0.875 bits per heavy atom. The predicted molar refractivity (Wildman–Crippen MR) is 117 cm³/mol. The van der Waals surface area contributed by atoms with Crippen LogP contribution in [0.1, 0.15) is 39.7 Å². The molecule has 4 unspecified atom stereocenters. The highest BCUT2D eigenvalue weighted by Crippen LogP contribution is 2.32. The lowest BCUT2D eigenvalue weighted by atomic mass is 10.1. The first-order valence-electron chi connectivity index (χ1n) is 10.8. The zero-order chi connectivity index (χ0) is 23.0. The highest BCUT2D eigenvalue weighted by atomic mass is 19.3. The minimum atomic E-state index is -2.74. The van der Waals surface area contributed by atoms with Crippen LogP contribution in [-0.2, 0) is 9.47 Å². The van der Waals surface area contributed by atoms with Gasteiger partial charge in [0.25, 0.3) is 6.43 Å². The molecule has 32 heavy (non-hydrogen) atoms. The largest absolute Gasteiger partial charge is 0.384 e. The van der Waals surface area contributed by atoms with Gasteiger partial charge < -0.3 is 25.0 Å². The Labute approximate surface area is 186 Å². The predicted octanol–water partition coefficient (Wildman–Crippen LogP) is 2.68. The van der Waals surface area contributed by atoms with E-state index < -0.39 is 6.43 Å². The fourth-order valence-corrected chi connectivity index (χ4v) is 4.29. The van der Waals surface area contributed by atoms with Crippen LogP contribution in [0.25, 0.3) is 11.4 Å². The van der Waals surface area contributed by atoms with Crippen LogP contribution in [0.3, 0.4) is 0 Å². The quantitative estimate of drug-likeness (QED) is 0.755. The number of ether oxygens (including phenoxy) is 2. The molecule has 0 saturated carbocycles. The lowest BCUT2D eigenvalue weighted by Gasteiger charge is -2.37. The number of nitrogen functional groups attached to an aromatic ring is 1. The number of hydrogen-bond donors (Lipinski definition) is 1.